The molecule has 0 saturated carbocycles. The van der Waals surface area contributed by atoms with Gasteiger partial charge in [-0.2, -0.15) is 0 Å². The third-order valence-electron chi connectivity index (χ3n) is 3.72. The summed E-state index contributed by atoms with van der Waals surface area (Å²) in [7, 11) is 0. The van der Waals surface area contributed by atoms with Crippen LogP contribution in [0.1, 0.15) is 25.3 Å². The number of carboxylic acids is 1. The molecule has 5 nitrogen and oxygen atoms in total. The molecule has 5 heteroatoms. The van der Waals surface area contributed by atoms with Crippen LogP contribution in [0.4, 0.5) is 5.69 Å². The summed E-state index contributed by atoms with van der Waals surface area (Å²) in [6.45, 7) is 4.26. The molecular formula is C15H20N2O3. The van der Waals surface area contributed by atoms with Crippen LogP contribution in [0.15, 0.2) is 24.3 Å². The van der Waals surface area contributed by atoms with Gasteiger partial charge < -0.3 is 10.4 Å². The van der Waals surface area contributed by atoms with Crippen molar-refractivity contribution in [3.63, 3.8) is 0 Å². The number of carbonyl (C=O) groups is 2. The first-order chi connectivity index (χ1) is 9.42. The Morgan fingerprint density at radius 3 is 2.50 bits per heavy atom. The Morgan fingerprint density at radius 1 is 1.35 bits per heavy atom. The molecule has 0 bridgehead atoms. The number of nitrogens with zero attached hydrogens (tertiary/aromatic N) is 1. The summed E-state index contributed by atoms with van der Waals surface area (Å²) in [6.07, 6.45) is 1.66. The number of aliphatic carboxylic acids is 1. The number of hydrogen-bond donors (Lipinski definition) is 2. The van der Waals surface area contributed by atoms with Crippen LogP contribution in [0.25, 0.3) is 0 Å². The van der Waals surface area contributed by atoms with E-state index < -0.39 is 11.5 Å². The maximum atomic E-state index is 12.7. The van der Waals surface area contributed by atoms with Crippen molar-refractivity contribution in [1.82, 2.24) is 5.32 Å². The zero-order valence-electron chi connectivity index (χ0n) is 11.8. The quantitative estimate of drug-likeness (QED) is 0.875. The molecule has 1 aliphatic rings. The van der Waals surface area contributed by atoms with E-state index >= 15 is 0 Å². The van der Waals surface area contributed by atoms with Gasteiger partial charge in [-0.15, -0.1) is 0 Å². The molecule has 1 unspecified atom stereocenters. The number of rotatable bonds is 4. The topological polar surface area (TPSA) is 69.6 Å². The van der Waals surface area contributed by atoms with Gasteiger partial charge >= 0.3 is 5.97 Å². The van der Waals surface area contributed by atoms with Gasteiger partial charge in [-0.3, -0.25) is 14.5 Å². The molecule has 1 heterocycles. The van der Waals surface area contributed by atoms with Crippen molar-refractivity contribution < 1.29 is 14.7 Å². The second kappa shape index (κ2) is 5.63. The highest BCUT2D eigenvalue weighted by molar-refractivity contribution is 6.03. The van der Waals surface area contributed by atoms with E-state index in [4.69, 9.17) is 5.11 Å². The van der Waals surface area contributed by atoms with Gasteiger partial charge in [-0.25, -0.2) is 0 Å². The minimum absolute atomic E-state index is 0.179. The lowest BCUT2D eigenvalue weighted by Crippen LogP contribution is -2.54. The fourth-order valence-corrected chi connectivity index (χ4v) is 2.52. The molecule has 1 aromatic carbocycles. The third-order valence-corrected chi connectivity index (χ3v) is 3.72. The van der Waals surface area contributed by atoms with Crippen LogP contribution in [0.2, 0.25) is 0 Å². The molecule has 1 atom stereocenters. The summed E-state index contributed by atoms with van der Waals surface area (Å²) in [5.74, 6) is -1.19. The molecule has 0 radical (unpaired) electrons. The Hall–Kier alpha value is -1.88. The van der Waals surface area contributed by atoms with Gasteiger partial charge in [0.25, 0.3) is 0 Å². The van der Waals surface area contributed by atoms with Crippen LogP contribution in [-0.2, 0) is 9.59 Å². The number of aryl methyl sites for hydroxylation is 1. The van der Waals surface area contributed by atoms with Crippen molar-refractivity contribution in [2.45, 2.75) is 32.2 Å². The molecule has 1 fully saturated rings. The van der Waals surface area contributed by atoms with Gasteiger partial charge in [-0.05, 0) is 45.4 Å². The Bertz CT molecular complexity index is 504. The van der Waals surface area contributed by atoms with Crippen molar-refractivity contribution >= 4 is 17.6 Å². The van der Waals surface area contributed by atoms with Gasteiger partial charge in [0.05, 0.1) is 5.54 Å². The maximum Gasteiger partial charge on any atom is 0.323 e. The smallest absolute Gasteiger partial charge is 0.323 e. The van der Waals surface area contributed by atoms with E-state index in [0.717, 1.165) is 24.9 Å². The Balaban J connectivity index is 2.29. The molecule has 0 aliphatic carbocycles. The number of carboxylic acid groups (broad SMARTS) is 1. The summed E-state index contributed by atoms with van der Waals surface area (Å²) in [5, 5.41) is 12.2. The highest BCUT2D eigenvalue weighted by atomic mass is 16.4. The molecule has 1 saturated heterocycles. The first kappa shape index (κ1) is 14.5. The third kappa shape index (κ3) is 2.99. The SMILES string of the molecule is Cc1ccc(N(CC(=O)O)C(=O)C2(C)CCCN2)cc1. The van der Waals surface area contributed by atoms with Crippen LogP contribution in [-0.4, -0.2) is 35.6 Å². The zero-order valence-corrected chi connectivity index (χ0v) is 11.8. The molecule has 1 aliphatic heterocycles. The molecular weight excluding hydrogens is 256 g/mol. The number of benzene rings is 1. The molecule has 0 aromatic heterocycles. The summed E-state index contributed by atoms with van der Waals surface area (Å²) in [5.41, 5.74) is 1.03. The van der Waals surface area contributed by atoms with Crippen LogP contribution in [0, 0.1) is 6.92 Å². The minimum Gasteiger partial charge on any atom is -0.480 e. The second-order valence-corrected chi connectivity index (χ2v) is 5.48. The highest BCUT2D eigenvalue weighted by Gasteiger charge is 2.39. The summed E-state index contributed by atoms with van der Waals surface area (Å²) in [4.78, 5) is 25.1. The zero-order chi connectivity index (χ0) is 14.8. The van der Waals surface area contributed by atoms with Crippen LogP contribution < -0.4 is 10.2 Å². The Morgan fingerprint density at radius 2 is 2.00 bits per heavy atom. The fourth-order valence-electron chi connectivity index (χ4n) is 2.52. The Kier molecular flexibility index (Phi) is 4.09. The minimum atomic E-state index is -1.01. The number of amides is 1. The monoisotopic (exact) mass is 276 g/mol. The Labute approximate surface area is 118 Å². The molecule has 2 rings (SSSR count). The van der Waals surface area contributed by atoms with Crippen LogP contribution in [0.3, 0.4) is 0 Å². The summed E-state index contributed by atoms with van der Waals surface area (Å²) in [6, 6.07) is 7.33. The molecule has 108 valence electrons. The van der Waals surface area contributed by atoms with Crippen molar-refractivity contribution in [3.05, 3.63) is 29.8 Å². The van der Waals surface area contributed by atoms with E-state index in [9.17, 15) is 9.59 Å². The van der Waals surface area contributed by atoms with Gasteiger partial charge in [0.1, 0.15) is 6.54 Å². The largest absolute Gasteiger partial charge is 0.480 e. The standard InChI is InChI=1S/C15H20N2O3/c1-11-4-6-12(7-5-11)17(10-13(18)19)14(20)15(2)8-3-9-16-15/h4-7,16H,3,8-10H2,1-2H3,(H,18,19). The number of hydrogen-bond acceptors (Lipinski definition) is 3. The lowest BCUT2D eigenvalue weighted by atomic mass is 9.98. The normalized spacial score (nSPS) is 21.7. The van der Waals surface area contributed by atoms with Crippen LogP contribution >= 0.6 is 0 Å². The molecule has 1 amide bonds. The van der Waals surface area contributed by atoms with Crippen molar-refractivity contribution in [2.24, 2.45) is 0 Å². The van der Waals surface area contributed by atoms with Crippen molar-refractivity contribution in [3.8, 4) is 0 Å². The van der Waals surface area contributed by atoms with E-state index in [2.05, 4.69) is 5.32 Å². The summed E-state index contributed by atoms with van der Waals surface area (Å²) >= 11 is 0. The number of carbonyl (C=O) groups excluding carboxylic acids is 1. The molecule has 0 spiro atoms. The lowest BCUT2D eigenvalue weighted by molar-refractivity contribution is -0.137. The lowest BCUT2D eigenvalue weighted by Gasteiger charge is -2.31. The maximum absolute atomic E-state index is 12.7. The fraction of sp³-hybridized carbons (Fsp3) is 0.467. The average Bonchev–Trinajstić information content (AvgIpc) is 2.84. The first-order valence-electron chi connectivity index (χ1n) is 6.78. The van der Waals surface area contributed by atoms with Crippen molar-refractivity contribution in [2.75, 3.05) is 18.0 Å². The number of nitrogens with one attached hydrogen (secondary N) is 1. The molecule has 2 N–H and O–H groups in total. The van der Waals surface area contributed by atoms with Gasteiger partial charge in [-0.1, -0.05) is 17.7 Å². The predicted molar refractivity (Wildman–Crippen MR) is 76.8 cm³/mol. The summed E-state index contributed by atoms with van der Waals surface area (Å²) < 4.78 is 0. The van der Waals surface area contributed by atoms with Gasteiger partial charge in [0, 0.05) is 5.69 Å². The highest BCUT2D eigenvalue weighted by Crippen LogP contribution is 2.25. The molecule has 20 heavy (non-hydrogen) atoms. The van der Waals surface area contributed by atoms with E-state index in [1.807, 2.05) is 26.0 Å². The van der Waals surface area contributed by atoms with E-state index in [-0.39, 0.29) is 12.5 Å². The molecule has 1 aromatic rings. The predicted octanol–water partition coefficient (Wildman–Crippen LogP) is 1.55. The van der Waals surface area contributed by atoms with Gasteiger partial charge in [0.2, 0.25) is 5.91 Å². The van der Waals surface area contributed by atoms with Crippen molar-refractivity contribution in [1.29, 1.82) is 0 Å². The first-order valence-corrected chi connectivity index (χ1v) is 6.78. The van der Waals surface area contributed by atoms with E-state index in [1.54, 1.807) is 12.1 Å². The van der Waals surface area contributed by atoms with E-state index in [1.165, 1.54) is 4.90 Å². The average molecular weight is 276 g/mol. The van der Waals surface area contributed by atoms with E-state index in [0.29, 0.717) is 5.69 Å². The van der Waals surface area contributed by atoms with Crippen LogP contribution in [0.5, 0.6) is 0 Å². The second-order valence-electron chi connectivity index (χ2n) is 5.48. The number of anilines is 1. The van der Waals surface area contributed by atoms with Gasteiger partial charge in [0.15, 0.2) is 0 Å².